The summed E-state index contributed by atoms with van der Waals surface area (Å²) < 4.78 is 5.60. The van der Waals surface area contributed by atoms with Crippen molar-refractivity contribution in [3.05, 3.63) is 65.4 Å². The number of anilines is 1. The average Bonchev–Trinajstić information content (AvgIpc) is 2.58. The quantitative estimate of drug-likeness (QED) is 0.593. The van der Waals surface area contributed by atoms with Gasteiger partial charge < -0.3 is 4.74 Å². The second-order valence-corrected chi connectivity index (χ2v) is 7.22. The van der Waals surface area contributed by atoms with Gasteiger partial charge in [0.05, 0.1) is 12.1 Å². The summed E-state index contributed by atoms with van der Waals surface area (Å²) in [5.41, 5.74) is 1.000. The molecule has 0 radical (unpaired) electrons. The fourth-order valence-corrected chi connectivity index (χ4v) is 2.72. The highest BCUT2D eigenvalue weighted by Crippen LogP contribution is 2.28. The second kappa shape index (κ2) is 7.30. The van der Waals surface area contributed by atoms with Crippen LogP contribution in [0.5, 0.6) is 0 Å². The molecule has 3 aromatic rings. The Balaban J connectivity index is 2.10. The third kappa shape index (κ3) is 4.29. The number of aromatic nitrogens is 2. The van der Waals surface area contributed by atoms with Crippen LogP contribution in [0.15, 0.2) is 54.6 Å². The van der Waals surface area contributed by atoms with Crippen molar-refractivity contribution in [2.45, 2.75) is 32.9 Å². The van der Waals surface area contributed by atoms with E-state index in [2.05, 4.69) is 9.97 Å². The first-order valence-corrected chi connectivity index (χ1v) is 8.68. The summed E-state index contributed by atoms with van der Waals surface area (Å²) in [6, 6.07) is 17.1. The zero-order valence-electron chi connectivity index (χ0n) is 14.9. The van der Waals surface area contributed by atoms with Crippen molar-refractivity contribution in [1.82, 2.24) is 9.97 Å². The first-order valence-electron chi connectivity index (χ1n) is 8.30. The molecule has 1 heterocycles. The Labute approximate surface area is 157 Å². The van der Waals surface area contributed by atoms with Crippen LogP contribution >= 0.6 is 11.6 Å². The van der Waals surface area contributed by atoms with Crippen LogP contribution in [0.25, 0.3) is 10.9 Å². The van der Waals surface area contributed by atoms with E-state index in [0.717, 1.165) is 10.9 Å². The maximum Gasteiger partial charge on any atom is 0.416 e. The van der Waals surface area contributed by atoms with Gasteiger partial charge in [-0.05, 0) is 50.1 Å². The summed E-state index contributed by atoms with van der Waals surface area (Å²) in [7, 11) is 0. The molecule has 0 N–H and O–H groups in total. The zero-order valence-corrected chi connectivity index (χ0v) is 15.7. The van der Waals surface area contributed by atoms with Gasteiger partial charge in [-0.25, -0.2) is 9.78 Å². The molecule has 26 heavy (non-hydrogen) atoms. The van der Waals surface area contributed by atoms with E-state index in [9.17, 15) is 4.79 Å². The SMILES string of the molecule is CC(C)(C)OC(=O)N(Cc1ccccc1)c1nc(Cl)nc2ccccc12. The van der Waals surface area contributed by atoms with Crippen LogP contribution in [-0.4, -0.2) is 21.7 Å². The van der Waals surface area contributed by atoms with Gasteiger partial charge in [-0.2, -0.15) is 4.98 Å². The lowest BCUT2D eigenvalue weighted by molar-refractivity contribution is 0.0577. The normalized spacial score (nSPS) is 11.4. The summed E-state index contributed by atoms with van der Waals surface area (Å²) in [6.45, 7) is 5.80. The van der Waals surface area contributed by atoms with Crippen LogP contribution in [0.3, 0.4) is 0 Å². The molecule has 0 spiro atoms. The molecule has 0 atom stereocenters. The molecule has 0 saturated heterocycles. The molecular weight excluding hydrogens is 350 g/mol. The smallest absolute Gasteiger partial charge is 0.416 e. The van der Waals surface area contributed by atoms with Crippen LogP contribution in [0.1, 0.15) is 26.3 Å². The number of benzene rings is 2. The largest absolute Gasteiger partial charge is 0.443 e. The van der Waals surface area contributed by atoms with E-state index in [-0.39, 0.29) is 5.28 Å². The molecule has 1 amide bonds. The Bertz CT molecular complexity index is 923. The van der Waals surface area contributed by atoms with E-state index in [1.54, 1.807) is 0 Å². The van der Waals surface area contributed by atoms with E-state index in [0.29, 0.717) is 17.9 Å². The molecule has 5 nitrogen and oxygen atoms in total. The van der Waals surface area contributed by atoms with Gasteiger partial charge in [0.2, 0.25) is 5.28 Å². The number of fused-ring (bicyclic) bond motifs is 1. The predicted molar refractivity (Wildman–Crippen MR) is 103 cm³/mol. The molecule has 0 aliphatic carbocycles. The maximum atomic E-state index is 12.9. The maximum absolute atomic E-state index is 12.9. The van der Waals surface area contributed by atoms with Crippen LogP contribution in [0.2, 0.25) is 5.28 Å². The molecule has 0 aliphatic rings. The Morgan fingerprint density at radius 1 is 1.04 bits per heavy atom. The molecule has 2 aromatic carbocycles. The summed E-state index contributed by atoms with van der Waals surface area (Å²) in [5.74, 6) is 0.429. The number of hydrogen-bond donors (Lipinski definition) is 0. The number of rotatable bonds is 3. The Hall–Kier alpha value is -2.66. The van der Waals surface area contributed by atoms with Crippen LogP contribution in [0.4, 0.5) is 10.6 Å². The highest BCUT2D eigenvalue weighted by Gasteiger charge is 2.26. The Morgan fingerprint density at radius 3 is 2.38 bits per heavy atom. The van der Waals surface area contributed by atoms with Crippen molar-refractivity contribution in [3.8, 4) is 0 Å². The molecule has 0 aliphatic heterocycles. The van der Waals surface area contributed by atoms with Crippen LogP contribution < -0.4 is 4.90 Å². The first-order chi connectivity index (χ1) is 12.3. The lowest BCUT2D eigenvalue weighted by Gasteiger charge is -2.27. The number of amides is 1. The molecule has 0 saturated carbocycles. The summed E-state index contributed by atoms with van der Waals surface area (Å²) in [6.07, 6.45) is -0.485. The van der Waals surface area contributed by atoms with Gasteiger partial charge in [0, 0.05) is 5.39 Å². The highest BCUT2D eigenvalue weighted by atomic mass is 35.5. The number of nitrogens with zero attached hydrogens (tertiary/aromatic N) is 3. The minimum Gasteiger partial charge on any atom is -0.443 e. The van der Waals surface area contributed by atoms with Gasteiger partial charge >= 0.3 is 6.09 Å². The first kappa shape index (κ1) is 18.1. The van der Waals surface area contributed by atoms with E-state index in [1.165, 1.54) is 4.90 Å². The van der Waals surface area contributed by atoms with E-state index in [4.69, 9.17) is 16.3 Å². The van der Waals surface area contributed by atoms with Crippen molar-refractivity contribution < 1.29 is 9.53 Å². The van der Waals surface area contributed by atoms with E-state index in [1.807, 2.05) is 75.4 Å². The molecular formula is C20H20ClN3O2. The standard InChI is InChI=1S/C20H20ClN3O2/c1-20(2,3)26-19(25)24(13-14-9-5-4-6-10-14)17-15-11-7-8-12-16(15)22-18(21)23-17/h4-12H,13H2,1-3H3. The van der Waals surface area contributed by atoms with E-state index < -0.39 is 11.7 Å². The summed E-state index contributed by atoms with van der Waals surface area (Å²) in [5, 5.41) is 0.819. The number of hydrogen-bond acceptors (Lipinski definition) is 4. The zero-order chi connectivity index (χ0) is 18.7. The fraction of sp³-hybridized carbons (Fsp3) is 0.250. The van der Waals surface area contributed by atoms with Crippen molar-refractivity contribution in [3.63, 3.8) is 0 Å². The average molecular weight is 370 g/mol. The Kier molecular flexibility index (Phi) is 5.09. The third-order valence-corrected chi connectivity index (χ3v) is 3.78. The molecule has 1 aromatic heterocycles. The minimum atomic E-state index is -0.626. The van der Waals surface area contributed by atoms with Gasteiger partial charge in [-0.1, -0.05) is 42.5 Å². The van der Waals surface area contributed by atoms with Crippen LogP contribution in [0, 0.1) is 0 Å². The van der Waals surface area contributed by atoms with Gasteiger partial charge in [-0.15, -0.1) is 0 Å². The third-order valence-electron chi connectivity index (χ3n) is 3.61. The molecule has 6 heteroatoms. The monoisotopic (exact) mass is 369 g/mol. The number of halogens is 1. The van der Waals surface area contributed by atoms with Gasteiger partial charge in [0.15, 0.2) is 5.82 Å². The lowest BCUT2D eigenvalue weighted by Crippen LogP contribution is -2.37. The minimum absolute atomic E-state index is 0.0836. The number of para-hydroxylation sites is 1. The highest BCUT2D eigenvalue weighted by molar-refractivity contribution is 6.29. The number of carbonyl (C=O) groups is 1. The van der Waals surface area contributed by atoms with Crippen molar-refractivity contribution >= 4 is 34.4 Å². The molecule has 134 valence electrons. The number of carbonyl (C=O) groups excluding carboxylic acids is 1. The Morgan fingerprint density at radius 2 is 1.69 bits per heavy atom. The van der Waals surface area contributed by atoms with Gasteiger partial charge in [0.1, 0.15) is 5.60 Å². The molecule has 0 fully saturated rings. The number of ether oxygens (including phenoxy) is 1. The molecule has 0 bridgehead atoms. The predicted octanol–water partition coefficient (Wildman–Crippen LogP) is 5.22. The molecule has 0 unspecified atom stereocenters. The van der Waals surface area contributed by atoms with Crippen LogP contribution in [-0.2, 0) is 11.3 Å². The topological polar surface area (TPSA) is 55.3 Å². The second-order valence-electron chi connectivity index (χ2n) is 6.89. The van der Waals surface area contributed by atoms with Crippen molar-refractivity contribution in [1.29, 1.82) is 0 Å². The van der Waals surface area contributed by atoms with E-state index >= 15 is 0 Å². The molecule has 3 rings (SSSR count). The van der Waals surface area contributed by atoms with Crippen molar-refractivity contribution in [2.75, 3.05) is 4.90 Å². The van der Waals surface area contributed by atoms with Gasteiger partial charge in [-0.3, -0.25) is 4.90 Å². The summed E-state index contributed by atoms with van der Waals surface area (Å²) in [4.78, 5) is 23.0. The van der Waals surface area contributed by atoms with Crippen molar-refractivity contribution in [2.24, 2.45) is 0 Å². The fourth-order valence-electron chi connectivity index (χ4n) is 2.55. The lowest BCUT2D eigenvalue weighted by atomic mass is 10.2. The summed E-state index contributed by atoms with van der Waals surface area (Å²) >= 11 is 6.11. The van der Waals surface area contributed by atoms with Gasteiger partial charge in [0.25, 0.3) is 0 Å².